The Labute approximate surface area is 134 Å². The molecule has 1 aromatic rings. The lowest BCUT2D eigenvalue weighted by atomic mass is 10.2. The molecular weight excluding hydrogens is 296 g/mol. The highest BCUT2D eigenvalue weighted by molar-refractivity contribution is 6.13. The molecule has 0 atom stereocenters. The van der Waals surface area contributed by atoms with Gasteiger partial charge < -0.3 is 10.1 Å². The van der Waals surface area contributed by atoms with Crippen LogP contribution >= 0.6 is 0 Å². The second-order valence-electron chi connectivity index (χ2n) is 5.53. The van der Waals surface area contributed by atoms with Gasteiger partial charge in [0.15, 0.2) is 0 Å². The van der Waals surface area contributed by atoms with Crippen LogP contribution in [0.25, 0.3) is 6.08 Å². The van der Waals surface area contributed by atoms with E-state index in [0.717, 1.165) is 44.8 Å². The van der Waals surface area contributed by atoms with Crippen molar-refractivity contribution in [3.8, 4) is 0 Å². The number of ether oxygens (including phenoxy) is 1. The third-order valence-electron chi connectivity index (χ3n) is 3.94. The van der Waals surface area contributed by atoms with Gasteiger partial charge >= 0.3 is 6.03 Å². The molecule has 23 heavy (non-hydrogen) atoms. The molecule has 3 heterocycles. The van der Waals surface area contributed by atoms with E-state index in [-0.39, 0.29) is 11.9 Å². The first-order chi connectivity index (χ1) is 11.2. The molecule has 7 nitrogen and oxygen atoms in total. The second kappa shape index (κ2) is 7.34. The minimum absolute atomic E-state index is 0.270. The van der Waals surface area contributed by atoms with Gasteiger partial charge in [-0.2, -0.15) is 0 Å². The van der Waals surface area contributed by atoms with Crippen LogP contribution in [0.4, 0.5) is 4.79 Å². The molecule has 1 aromatic heterocycles. The van der Waals surface area contributed by atoms with Gasteiger partial charge in [-0.15, -0.1) is 0 Å². The number of hydrogen-bond donors (Lipinski definition) is 1. The van der Waals surface area contributed by atoms with E-state index in [1.165, 1.54) is 4.90 Å². The van der Waals surface area contributed by atoms with Crippen LogP contribution in [0.3, 0.4) is 0 Å². The maximum atomic E-state index is 12.3. The molecular formula is C16H20N4O3. The van der Waals surface area contributed by atoms with Gasteiger partial charge in [-0.3, -0.25) is 19.6 Å². The van der Waals surface area contributed by atoms with E-state index in [2.05, 4.69) is 15.2 Å². The summed E-state index contributed by atoms with van der Waals surface area (Å²) < 4.78 is 5.30. The third kappa shape index (κ3) is 3.94. The number of amides is 3. The van der Waals surface area contributed by atoms with Gasteiger partial charge in [0, 0.05) is 38.6 Å². The van der Waals surface area contributed by atoms with Gasteiger partial charge in [0.25, 0.3) is 5.91 Å². The molecule has 3 rings (SSSR count). The summed E-state index contributed by atoms with van der Waals surface area (Å²) in [5, 5.41) is 2.64. The lowest BCUT2D eigenvalue weighted by molar-refractivity contribution is -0.122. The van der Waals surface area contributed by atoms with Crippen molar-refractivity contribution >= 4 is 18.0 Å². The van der Waals surface area contributed by atoms with Crippen molar-refractivity contribution in [1.29, 1.82) is 0 Å². The fourth-order valence-electron chi connectivity index (χ4n) is 2.68. The Morgan fingerprint density at radius 3 is 2.65 bits per heavy atom. The van der Waals surface area contributed by atoms with Crippen LogP contribution in [0.2, 0.25) is 0 Å². The van der Waals surface area contributed by atoms with Gasteiger partial charge in [0.05, 0.1) is 13.2 Å². The molecule has 2 fully saturated rings. The maximum absolute atomic E-state index is 12.3. The molecule has 0 aromatic carbocycles. The molecule has 0 unspecified atom stereocenters. The van der Waals surface area contributed by atoms with E-state index >= 15 is 0 Å². The van der Waals surface area contributed by atoms with Gasteiger partial charge in [0.1, 0.15) is 5.70 Å². The van der Waals surface area contributed by atoms with Crippen LogP contribution in [0.5, 0.6) is 0 Å². The van der Waals surface area contributed by atoms with Gasteiger partial charge in [-0.05, 0) is 30.2 Å². The molecule has 0 bridgehead atoms. The van der Waals surface area contributed by atoms with E-state index in [0.29, 0.717) is 12.2 Å². The molecule has 0 spiro atoms. The van der Waals surface area contributed by atoms with E-state index in [1.807, 2.05) is 0 Å². The molecule has 122 valence electrons. The van der Waals surface area contributed by atoms with Crippen molar-refractivity contribution in [1.82, 2.24) is 20.1 Å². The summed E-state index contributed by atoms with van der Waals surface area (Å²) in [4.78, 5) is 31.8. The van der Waals surface area contributed by atoms with E-state index in [4.69, 9.17) is 4.74 Å². The normalized spacial score (nSPS) is 21.0. The number of pyridine rings is 1. The molecule has 0 saturated carbocycles. The fraction of sp³-hybridized carbons (Fsp3) is 0.438. The van der Waals surface area contributed by atoms with Gasteiger partial charge in [-0.25, -0.2) is 4.79 Å². The summed E-state index contributed by atoms with van der Waals surface area (Å²) in [6.07, 6.45) is 5.73. The van der Waals surface area contributed by atoms with Crippen LogP contribution in [0.15, 0.2) is 30.2 Å². The van der Waals surface area contributed by atoms with Crippen LogP contribution in [0, 0.1) is 0 Å². The Balaban J connectivity index is 1.55. The Kier molecular flexibility index (Phi) is 4.99. The monoisotopic (exact) mass is 316 g/mol. The van der Waals surface area contributed by atoms with Crippen molar-refractivity contribution in [2.45, 2.75) is 6.42 Å². The first kappa shape index (κ1) is 15.6. The van der Waals surface area contributed by atoms with Crippen LogP contribution < -0.4 is 5.32 Å². The average Bonchev–Trinajstić information content (AvgIpc) is 2.84. The SMILES string of the molecule is O=C1N/C(=C\c2ccncc2)C(=O)N1CCCN1CCOCC1. The number of urea groups is 1. The van der Waals surface area contributed by atoms with Crippen molar-refractivity contribution in [2.75, 3.05) is 39.4 Å². The molecule has 7 heteroatoms. The van der Waals surface area contributed by atoms with Crippen LogP contribution in [-0.4, -0.2) is 66.1 Å². The number of rotatable bonds is 5. The van der Waals surface area contributed by atoms with E-state index in [9.17, 15) is 9.59 Å². The maximum Gasteiger partial charge on any atom is 0.329 e. The highest BCUT2D eigenvalue weighted by Crippen LogP contribution is 2.14. The van der Waals surface area contributed by atoms with Gasteiger partial charge in [0.2, 0.25) is 0 Å². The topological polar surface area (TPSA) is 74.8 Å². The average molecular weight is 316 g/mol. The molecule has 1 N–H and O–H groups in total. The predicted molar refractivity (Wildman–Crippen MR) is 84.3 cm³/mol. The number of hydrogen-bond acceptors (Lipinski definition) is 5. The lowest BCUT2D eigenvalue weighted by Gasteiger charge is -2.26. The Bertz CT molecular complexity index is 597. The quantitative estimate of drug-likeness (QED) is 0.639. The molecule has 0 radical (unpaired) electrons. The number of imide groups is 1. The molecule has 3 amide bonds. The summed E-state index contributed by atoms with van der Waals surface area (Å²) in [5.74, 6) is -0.270. The van der Waals surface area contributed by atoms with Crippen molar-refractivity contribution < 1.29 is 14.3 Å². The van der Waals surface area contributed by atoms with Gasteiger partial charge in [-0.1, -0.05) is 0 Å². The third-order valence-corrected chi connectivity index (χ3v) is 3.94. The lowest BCUT2D eigenvalue weighted by Crippen LogP contribution is -2.39. The highest BCUT2D eigenvalue weighted by atomic mass is 16.5. The molecule has 2 saturated heterocycles. The van der Waals surface area contributed by atoms with Crippen LogP contribution in [-0.2, 0) is 9.53 Å². The Hall–Kier alpha value is -2.25. The van der Waals surface area contributed by atoms with E-state index in [1.54, 1.807) is 30.6 Å². The molecule has 2 aliphatic heterocycles. The summed E-state index contributed by atoms with van der Waals surface area (Å²) in [6.45, 7) is 4.62. The number of morpholine rings is 1. The zero-order valence-corrected chi connectivity index (χ0v) is 12.9. The van der Waals surface area contributed by atoms with E-state index < -0.39 is 0 Å². The van der Waals surface area contributed by atoms with Crippen molar-refractivity contribution in [3.05, 3.63) is 35.8 Å². The smallest absolute Gasteiger partial charge is 0.329 e. The predicted octanol–water partition coefficient (Wildman–Crippen LogP) is 0.697. The Morgan fingerprint density at radius 2 is 1.91 bits per heavy atom. The van der Waals surface area contributed by atoms with Crippen LogP contribution in [0.1, 0.15) is 12.0 Å². The van der Waals surface area contributed by atoms with Crippen molar-refractivity contribution in [3.63, 3.8) is 0 Å². The second-order valence-corrected chi connectivity index (χ2v) is 5.53. The Morgan fingerprint density at radius 1 is 1.17 bits per heavy atom. The number of nitrogens with zero attached hydrogens (tertiary/aromatic N) is 3. The number of aromatic nitrogens is 1. The van der Waals surface area contributed by atoms with Crippen molar-refractivity contribution in [2.24, 2.45) is 0 Å². The highest BCUT2D eigenvalue weighted by Gasteiger charge is 2.33. The minimum Gasteiger partial charge on any atom is -0.379 e. The zero-order valence-electron chi connectivity index (χ0n) is 12.9. The first-order valence-corrected chi connectivity index (χ1v) is 7.79. The standard InChI is InChI=1S/C16H20N4O3/c21-15-14(12-13-2-4-17-5-3-13)18-16(22)20(15)7-1-6-19-8-10-23-11-9-19/h2-5,12H,1,6-11H2,(H,18,22)/b14-12-. The summed E-state index contributed by atoms with van der Waals surface area (Å²) >= 11 is 0. The molecule has 2 aliphatic rings. The number of nitrogens with one attached hydrogen (secondary N) is 1. The number of carbonyl (C=O) groups is 2. The summed E-state index contributed by atoms with van der Waals surface area (Å²) in [5.41, 5.74) is 1.14. The number of carbonyl (C=O) groups excluding carboxylic acids is 2. The first-order valence-electron chi connectivity index (χ1n) is 7.79. The fourth-order valence-corrected chi connectivity index (χ4v) is 2.68. The summed E-state index contributed by atoms with van der Waals surface area (Å²) in [6, 6.07) is 3.22. The largest absolute Gasteiger partial charge is 0.379 e. The minimum atomic E-state index is -0.350. The summed E-state index contributed by atoms with van der Waals surface area (Å²) in [7, 11) is 0. The molecule has 0 aliphatic carbocycles. The zero-order chi connectivity index (χ0) is 16.1.